The summed E-state index contributed by atoms with van der Waals surface area (Å²) >= 11 is 0. The highest BCUT2D eigenvalue weighted by molar-refractivity contribution is 5.65. The zero-order valence-electron chi connectivity index (χ0n) is 12.2. The lowest BCUT2D eigenvalue weighted by Gasteiger charge is -2.32. The Morgan fingerprint density at radius 3 is 2.90 bits per heavy atom. The molecule has 6 heteroatoms. The minimum atomic E-state index is 0.181. The van der Waals surface area contributed by atoms with Crippen molar-refractivity contribution in [2.24, 2.45) is 11.8 Å². The highest BCUT2D eigenvalue weighted by Gasteiger charge is 2.26. The van der Waals surface area contributed by atoms with Gasteiger partial charge in [0, 0.05) is 26.2 Å². The van der Waals surface area contributed by atoms with Crippen LogP contribution in [0, 0.1) is 23.2 Å². The summed E-state index contributed by atoms with van der Waals surface area (Å²) in [7, 11) is 0. The molecular formula is C14H23N5O. The third kappa shape index (κ3) is 2.88. The molecule has 2 heterocycles. The molecule has 1 atom stereocenters. The predicted molar refractivity (Wildman–Crippen MR) is 78.2 cm³/mol. The van der Waals surface area contributed by atoms with Crippen LogP contribution in [-0.2, 0) is 6.54 Å². The molecule has 6 nitrogen and oxygen atoms in total. The van der Waals surface area contributed by atoms with Crippen LogP contribution < -0.4 is 10.6 Å². The molecular weight excluding hydrogens is 254 g/mol. The Hall–Kier alpha value is -1.74. The van der Waals surface area contributed by atoms with E-state index >= 15 is 0 Å². The Labute approximate surface area is 119 Å². The Morgan fingerprint density at radius 2 is 2.30 bits per heavy atom. The molecule has 1 aliphatic rings. The van der Waals surface area contributed by atoms with Gasteiger partial charge in [-0.2, -0.15) is 10.4 Å². The topological polar surface area (TPSA) is 91.1 Å². The third-order valence-corrected chi connectivity index (χ3v) is 3.70. The Balaban J connectivity index is 2.29. The third-order valence-electron chi connectivity index (χ3n) is 3.70. The van der Waals surface area contributed by atoms with E-state index < -0.39 is 0 Å². The molecule has 0 saturated carbocycles. The molecule has 0 radical (unpaired) electrons. The SMILES string of the molecule is CC(C)Cn1nc(N2CCCC(CO)C2)c(C#N)c1N. The first-order valence-corrected chi connectivity index (χ1v) is 7.19. The van der Waals surface area contributed by atoms with Crippen LogP contribution in [0.4, 0.5) is 11.6 Å². The van der Waals surface area contributed by atoms with Crippen LogP contribution in [0.3, 0.4) is 0 Å². The smallest absolute Gasteiger partial charge is 0.170 e. The van der Waals surface area contributed by atoms with Crippen molar-refractivity contribution in [2.75, 3.05) is 30.3 Å². The summed E-state index contributed by atoms with van der Waals surface area (Å²) in [6.45, 7) is 6.68. The fourth-order valence-corrected chi connectivity index (χ4v) is 2.68. The monoisotopic (exact) mass is 277 g/mol. The number of nitriles is 1. The molecule has 1 aromatic heterocycles. The van der Waals surface area contributed by atoms with Gasteiger partial charge in [0.25, 0.3) is 0 Å². The lowest BCUT2D eigenvalue weighted by molar-refractivity contribution is 0.208. The first-order valence-electron chi connectivity index (χ1n) is 7.19. The number of nitrogens with two attached hydrogens (primary N) is 1. The number of anilines is 2. The van der Waals surface area contributed by atoms with Crippen molar-refractivity contribution in [3.05, 3.63) is 5.56 Å². The number of aromatic nitrogens is 2. The molecule has 1 fully saturated rings. The summed E-state index contributed by atoms with van der Waals surface area (Å²) in [6, 6.07) is 2.18. The zero-order chi connectivity index (χ0) is 14.7. The van der Waals surface area contributed by atoms with Crippen molar-refractivity contribution < 1.29 is 5.11 Å². The molecule has 1 saturated heterocycles. The molecule has 110 valence electrons. The summed E-state index contributed by atoms with van der Waals surface area (Å²) in [6.07, 6.45) is 2.03. The quantitative estimate of drug-likeness (QED) is 0.863. The van der Waals surface area contributed by atoms with E-state index in [0.717, 1.165) is 25.9 Å². The van der Waals surface area contributed by atoms with Crippen LogP contribution in [0.1, 0.15) is 32.3 Å². The van der Waals surface area contributed by atoms with Crippen molar-refractivity contribution in [1.82, 2.24) is 9.78 Å². The van der Waals surface area contributed by atoms with E-state index in [1.54, 1.807) is 4.68 Å². The number of aliphatic hydroxyl groups excluding tert-OH is 1. The van der Waals surface area contributed by atoms with Crippen LogP contribution in [0.25, 0.3) is 0 Å². The van der Waals surface area contributed by atoms with Gasteiger partial charge in [0.2, 0.25) is 0 Å². The average Bonchev–Trinajstić information content (AvgIpc) is 2.75. The van der Waals surface area contributed by atoms with Crippen LogP contribution >= 0.6 is 0 Å². The van der Waals surface area contributed by atoms with Gasteiger partial charge in [0.05, 0.1) is 0 Å². The van der Waals surface area contributed by atoms with E-state index in [-0.39, 0.29) is 12.5 Å². The van der Waals surface area contributed by atoms with Crippen LogP contribution in [-0.4, -0.2) is 34.6 Å². The van der Waals surface area contributed by atoms with Crippen LogP contribution in [0.5, 0.6) is 0 Å². The van der Waals surface area contributed by atoms with Gasteiger partial charge >= 0.3 is 0 Å². The van der Waals surface area contributed by atoms with Crippen LogP contribution in [0.2, 0.25) is 0 Å². The molecule has 0 amide bonds. The lowest BCUT2D eigenvalue weighted by atomic mass is 9.99. The number of aliphatic hydroxyl groups is 1. The Morgan fingerprint density at radius 1 is 1.55 bits per heavy atom. The van der Waals surface area contributed by atoms with E-state index in [2.05, 4.69) is 29.9 Å². The van der Waals surface area contributed by atoms with Gasteiger partial charge < -0.3 is 15.7 Å². The first-order chi connectivity index (χ1) is 9.56. The number of rotatable bonds is 4. The van der Waals surface area contributed by atoms with Gasteiger partial charge in [0.15, 0.2) is 5.82 Å². The minimum absolute atomic E-state index is 0.181. The van der Waals surface area contributed by atoms with Gasteiger partial charge in [-0.15, -0.1) is 0 Å². The first kappa shape index (κ1) is 14.7. The van der Waals surface area contributed by atoms with Crippen molar-refractivity contribution in [1.29, 1.82) is 5.26 Å². The fraction of sp³-hybridized carbons (Fsp3) is 0.714. The van der Waals surface area contributed by atoms with Gasteiger partial charge in [-0.05, 0) is 24.7 Å². The predicted octanol–water partition coefficient (Wildman–Crippen LogP) is 1.20. The molecule has 0 spiro atoms. The fourth-order valence-electron chi connectivity index (χ4n) is 2.68. The van der Waals surface area contributed by atoms with E-state index in [1.165, 1.54) is 0 Å². The molecule has 1 aromatic rings. The Bertz CT molecular complexity index is 502. The van der Waals surface area contributed by atoms with Gasteiger partial charge in [-0.3, -0.25) is 0 Å². The molecule has 1 unspecified atom stereocenters. The van der Waals surface area contributed by atoms with E-state index in [0.29, 0.717) is 29.7 Å². The molecule has 0 aliphatic carbocycles. The molecule has 3 N–H and O–H groups in total. The van der Waals surface area contributed by atoms with Gasteiger partial charge in [0.1, 0.15) is 17.5 Å². The number of nitrogen functional groups attached to an aromatic ring is 1. The Kier molecular flexibility index (Phi) is 4.50. The number of piperidine rings is 1. The molecule has 1 aliphatic heterocycles. The average molecular weight is 277 g/mol. The maximum absolute atomic E-state index is 9.34. The second kappa shape index (κ2) is 6.14. The molecule has 20 heavy (non-hydrogen) atoms. The highest BCUT2D eigenvalue weighted by Crippen LogP contribution is 2.28. The second-order valence-corrected chi connectivity index (χ2v) is 5.91. The molecule has 0 bridgehead atoms. The molecule has 2 rings (SSSR count). The van der Waals surface area contributed by atoms with E-state index in [4.69, 9.17) is 5.73 Å². The van der Waals surface area contributed by atoms with E-state index in [1.807, 2.05) is 0 Å². The second-order valence-electron chi connectivity index (χ2n) is 5.91. The lowest BCUT2D eigenvalue weighted by Crippen LogP contribution is -2.37. The number of hydrogen-bond donors (Lipinski definition) is 2. The van der Waals surface area contributed by atoms with Crippen molar-refractivity contribution in [3.63, 3.8) is 0 Å². The number of hydrogen-bond acceptors (Lipinski definition) is 5. The van der Waals surface area contributed by atoms with E-state index in [9.17, 15) is 10.4 Å². The van der Waals surface area contributed by atoms with Crippen molar-refractivity contribution >= 4 is 11.6 Å². The summed E-state index contributed by atoms with van der Waals surface area (Å²) in [5.74, 6) is 1.79. The summed E-state index contributed by atoms with van der Waals surface area (Å²) in [4.78, 5) is 2.08. The van der Waals surface area contributed by atoms with Crippen molar-refractivity contribution in [3.8, 4) is 6.07 Å². The van der Waals surface area contributed by atoms with Gasteiger partial charge in [-0.25, -0.2) is 4.68 Å². The summed E-state index contributed by atoms with van der Waals surface area (Å²) in [5.41, 5.74) is 6.50. The standard InChI is InChI=1S/C14H23N5O/c1-10(2)7-19-13(16)12(6-15)14(17-19)18-5-3-4-11(8-18)9-20/h10-11,20H,3-5,7-9,16H2,1-2H3. The maximum Gasteiger partial charge on any atom is 0.170 e. The minimum Gasteiger partial charge on any atom is -0.396 e. The number of nitrogens with zero attached hydrogens (tertiary/aromatic N) is 4. The van der Waals surface area contributed by atoms with Crippen molar-refractivity contribution in [2.45, 2.75) is 33.2 Å². The zero-order valence-corrected chi connectivity index (χ0v) is 12.2. The van der Waals surface area contributed by atoms with Crippen LogP contribution in [0.15, 0.2) is 0 Å². The summed E-state index contributed by atoms with van der Waals surface area (Å²) < 4.78 is 1.72. The van der Waals surface area contributed by atoms with Gasteiger partial charge in [-0.1, -0.05) is 13.8 Å². The highest BCUT2D eigenvalue weighted by atomic mass is 16.3. The normalized spacial score (nSPS) is 19.4. The summed E-state index contributed by atoms with van der Waals surface area (Å²) in [5, 5.41) is 23.2. The largest absolute Gasteiger partial charge is 0.396 e. The molecule has 0 aromatic carbocycles. The maximum atomic E-state index is 9.34.